The topological polar surface area (TPSA) is 12.0 Å². The monoisotopic (exact) mass is 551 g/mol. The molecule has 0 heterocycles. The molecule has 0 aliphatic rings. The van der Waals surface area contributed by atoms with Crippen LogP contribution in [-0.2, 0) is 0 Å². The standard InChI is InChI=1S/C2H5I4N/c3-5-1-7-2-6-4/h7H,1-2H2/q-2. The predicted molar refractivity (Wildman–Crippen MR) is 40.9 cm³/mol. The maximum atomic E-state index is 3.37. The van der Waals surface area contributed by atoms with Gasteiger partial charge in [0.15, 0.2) is 0 Å². The van der Waals surface area contributed by atoms with Crippen LogP contribution in [0.25, 0.3) is 0 Å². The number of hydrogen-bond donors (Lipinski definition) is 1. The van der Waals surface area contributed by atoms with Crippen LogP contribution in [0.4, 0.5) is 0 Å². The van der Waals surface area contributed by atoms with Gasteiger partial charge in [0.25, 0.3) is 0 Å². The van der Waals surface area contributed by atoms with Crippen molar-refractivity contribution in [3.63, 3.8) is 0 Å². The minimum absolute atomic E-state index is 0.468. The summed E-state index contributed by atoms with van der Waals surface area (Å²) in [5.41, 5.74) is 0. The summed E-state index contributed by atoms with van der Waals surface area (Å²) < 4.78 is 2.59. The molecule has 0 aromatic rings. The van der Waals surface area contributed by atoms with E-state index in [4.69, 9.17) is 0 Å². The first-order valence-electron chi connectivity index (χ1n) is 1.53. The Labute approximate surface area is 84.0 Å². The van der Waals surface area contributed by atoms with E-state index < -0.39 is 0 Å². The van der Waals surface area contributed by atoms with Crippen molar-refractivity contribution in [2.24, 2.45) is 0 Å². The third kappa shape index (κ3) is 8.88. The van der Waals surface area contributed by atoms with E-state index in [9.17, 15) is 0 Å². The van der Waals surface area contributed by atoms with Crippen molar-refractivity contribution in [1.29, 1.82) is 0 Å². The Morgan fingerprint density at radius 3 is 1.86 bits per heavy atom. The molecule has 0 saturated heterocycles. The zero-order valence-electron chi connectivity index (χ0n) is 3.43. The number of hydrogen-bond acceptors (Lipinski definition) is 1. The average Bonchev–Trinajstić information content (AvgIpc) is 1.69. The fraction of sp³-hybridized carbons (Fsp3) is 1.00. The Morgan fingerprint density at radius 2 is 1.57 bits per heavy atom. The molecule has 5 heteroatoms. The normalized spacial score (nSPS) is 10.6. The van der Waals surface area contributed by atoms with Crippen LogP contribution in [0, 0.1) is 0 Å². The van der Waals surface area contributed by atoms with Crippen molar-refractivity contribution in [2.45, 2.75) is 0 Å². The van der Waals surface area contributed by atoms with Gasteiger partial charge in [-0.2, -0.15) is 0 Å². The van der Waals surface area contributed by atoms with Gasteiger partial charge in [-0.15, -0.1) is 0 Å². The summed E-state index contributed by atoms with van der Waals surface area (Å²) in [6.07, 6.45) is 0. The molecule has 0 aliphatic heterocycles. The second-order valence-corrected chi connectivity index (χ2v) is 11.1. The first kappa shape index (κ1) is 9.88. The third-order valence-electron chi connectivity index (χ3n) is 0.290. The van der Waals surface area contributed by atoms with E-state index in [2.05, 4.69) is 42.5 Å². The molecular weight excluding hydrogens is 546 g/mol. The molecule has 7 heavy (non-hydrogen) atoms. The molecule has 1 nitrogen and oxygen atoms in total. The molecule has 0 aromatic heterocycles. The molecule has 0 radical (unpaired) electrons. The summed E-state index contributed by atoms with van der Waals surface area (Å²) in [6, 6.07) is 0. The van der Waals surface area contributed by atoms with Crippen molar-refractivity contribution in [3.8, 4) is 0 Å². The molecule has 0 bridgehead atoms. The van der Waals surface area contributed by atoms with Crippen LogP contribution in [0.2, 0.25) is 0 Å². The molecule has 0 fully saturated rings. The first-order chi connectivity index (χ1) is 3.41. The maximum absolute atomic E-state index is 3.37. The molecule has 0 aliphatic carbocycles. The van der Waals surface area contributed by atoms with Crippen LogP contribution in [0.3, 0.4) is 0 Å². The Hall–Kier alpha value is 2.88. The third-order valence-corrected chi connectivity index (χ3v) is 5.81. The van der Waals surface area contributed by atoms with Crippen LogP contribution in [-0.4, -0.2) is 9.10 Å². The molecule has 0 aromatic carbocycles. The number of nitrogens with one attached hydrogen (secondary N) is 1. The van der Waals surface area contributed by atoms with Crippen molar-refractivity contribution in [2.75, 3.05) is 9.10 Å². The van der Waals surface area contributed by atoms with Crippen molar-refractivity contribution in [1.82, 2.24) is 5.32 Å². The van der Waals surface area contributed by atoms with E-state index in [1.165, 1.54) is 9.10 Å². The quantitative estimate of drug-likeness (QED) is 0.161. The van der Waals surface area contributed by atoms with Gasteiger partial charge in [0.05, 0.1) is 0 Å². The van der Waals surface area contributed by atoms with E-state index in [0.717, 1.165) is 0 Å². The molecule has 0 saturated carbocycles. The van der Waals surface area contributed by atoms with E-state index in [1.54, 1.807) is 0 Å². The minimum atomic E-state index is 0.468. The second kappa shape index (κ2) is 8.88. The van der Waals surface area contributed by atoms with Crippen molar-refractivity contribution < 1.29 is 34.5 Å². The molecule has 0 unspecified atom stereocenters. The van der Waals surface area contributed by atoms with Crippen LogP contribution < -0.4 is 39.8 Å². The Kier molecular flexibility index (Phi) is 12.5. The van der Waals surface area contributed by atoms with Gasteiger partial charge in [-0.1, -0.05) is 0 Å². The summed E-state index contributed by atoms with van der Waals surface area (Å²) in [4.78, 5) is 0. The van der Waals surface area contributed by atoms with Gasteiger partial charge in [-0.25, -0.2) is 0 Å². The summed E-state index contributed by atoms with van der Waals surface area (Å²) in [5, 5.41) is 3.37. The Morgan fingerprint density at radius 1 is 1.14 bits per heavy atom. The number of alkyl halides is 2. The SMILES string of the molecule is I[I-]CNC[I-]I. The van der Waals surface area contributed by atoms with E-state index in [1.807, 2.05) is 0 Å². The molecule has 48 valence electrons. The van der Waals surface area contributed by atoms with Gasteiger partial charge in [0.1, 0.15) is 0 Å². The Bertz CT molecular complexity index is 28.9. The molecule has 0 amide bonds. The second-order valence-electron chi connectivity index (χ2n) is 0.719. The summed E-state index contributed by atoms with van der Waals surface area (Å²) >= 11 is 5.90. The van der Waals surface area contributed by atoms with Crippen LogP contribution in [0.15, 0.2) is 0 Å². The van der Waals surface area contributed by atoms with Gasteiger partial charge < -0.3 is 0 Å². The summed E-state index contributed by atoms with van der Waals surface area (Å²) in [7, 11) is 0. The summed E-state index contributed by atoms with van der Waals surface area (Å²) in [5.74, 6) is 0. The van der Waals surface area contributed by atoms with E-state index in [-0.39, 0.29) is 0 Å². The van der Waals surface area contributed by atoms with Gasteiger partial charge in [0, 0.05) is 0 Å². The number of halogens is 4. The van der Waals surface area contributed by atoms with Gasteiger partial charge in [-0.05, 0) is 0 Å². The Balaban J connectivity index is 2.45. The molecule has 0 rings (SSSR count). The van der Waals surface area contributed by atoms with Gasteiger partial charge in [-0.3, -0.25) is 0 Å². The van der Waals surface area contributed by atoms with Gasteiger partial charge in [0.2, 0.25) is 0 Å². The van der Waals surface area contributed by atoms with Gasteiger partial charge >= 0.3 is 86.1 Å². The average molecular weight is 551 g/mol. The molecular formula is C2H5I4N-2. The zero-order valence-corrected chi connectivity index (χ0v) is 12.1. The fourth-order valence-electron chi connectivity index (χ4n) is 0.107. The first-order valence-corrected chi connectivity index (χ1v) is 17.1. The van der Waals surface area contributed by atoms with E-state index in [0.29, 0.717) is 34.5 Å². The summed E-state index contributed by atoms with van der Waals surface area (Å²) in [6.45, 7) is 0. The molecule has 0 atom stereocenters. The molecule has 0 spiro atoms. The van der Waals surface area contributed by atoms with Crippen molar-refractivity contribution in [3.05, 3.63) is 0 Å². The van der Waals surface area contributed by atoms with Crippen LogP contribution >= 0.6 is 37.2 Å². The predicted octanol–water partition coefficient (Wildman–Crippen LogP) is -4.63. The van der Waals surface area contributed by atoms with E-state index >= 15 is 0 Å². The fourth-order valence-corrected chi connectivity index (χ4v) is 4.82. The zero-order chi connectivity index (χ0) is 5.54. The van der Waals surface area contributed by atoms with Crippen molar-refractivity contribution >= 4 is 37.2 Å². The van der Waals surface area contributed by atoms with Crippen LogP contribution in [0.5, 0.6) is 0 Å². The molecule has 1 N–H and O–H groups in total. The van der Waals surface area contributed by atoms with Crippen LogP contribution in [0.1, 0.15) is 0 Å². The number of rotatable bonds is 4.